The van der Waals surface area contributed by atoms with Crippen LogP contribution in [0.1, 0.15) is 26.2 Å². The van der Waals surface area contributed by atoms with Crippen LogP contribution in [0.15, 0.2) is 18.2 Å². The molecule has 1 rings (SSSR count). The van der Waals surface area contributed by atoms with Gasteiger partial charge in [-0.2, -0.15) is 0 Å². The van der Waals surface area contributed by atoms with Crippen LogP contribution >= 0.6 is 11.6 Å². The summed E-state index contributed by atoms with van der Waals surface area (Å²) in [5.74, 6) is -0.541. The van der Waals surface area contributed by atoms with Gasteiger partial charge in [-0.15, -0.1) is 0 Å². The van der Waals surface area contributed by atoms with E-state index in [0.717, 1.165) is 19.3 Å². The van der Waals surface area contributed by atoms with Crippen LogP contribution in [-0.4, -0.2) is 35.7 Å². The summed E-state index contributed by atoms with van der Waals surface area (Å²) in [5.41, 5.74) is 0.0425. The number of amides is 2. The van der Waals surface area contributed by atoms with Crippen LogP contribution in [-0.2, 0) is 0 Å². The van der Waals surface area contributed by atoms with Crippen molar-refractivity contribution in [2.45, 2.75) is 26.2 Å². The Morgan fingerprint density at radius 3 is 2.80 bits per heavy atom. The highest BCUT2D eigenvalue weighted by molar-refractivity contribution is 6.30. The SMILES string of the molecule is CCCCCN(CCO)C(=O)Nc1cc(Cl)ccc1F. The molecule has 0 radical (unpaired) electrons. The van der Waals surface area contributed by atoms with Crippen molar-refractivity contribution in [2.24, 2.45) is 0 Å². The Balaban J connectivity index is 2.67. The molecule has 0 fully saturated rings. The molecule has 0 aliphatic rings. The zero-order chi connectivity index (χ0) is 15.0. The highest BCUT2D eigenvalue weighted by Crippen LogP contribution is 2.20. The van der Waals surface area contributed by atoms with Crippen LogP contribution in [0.5, 0.6) is 0 Å². The van der Waals surface area contributed by atoms with E-state index in [1.165, 1.54) is 23.1 Å². The summed E-state index contributed by atoms with van der Waals surface area (Å²) in [6.45, 7) is 2.69. The highest BCUT2D eigenvalue weighted by Gasteiger charge is 2.14. The third-order valence-corrected chi connectivity index (χ3v) is 3.09. The molecule has 0 heterocycles. The number of nitrogens with zero attached hydrogens (tertiary/aromatic N) is 1. The van der Waals surface area contributed by atoms with Crippen molar-refractivity contribution in [3.05, 3.63) is 29.0 Å². The van der Waals surface area contributed by atoms with Crippen LogP contribution in [0.4, 0.5) is 14.9 Å². The molecule has 1 aromatic carbocycles. The van der Waals surface area contributed by atoms with Gasteiger partial charge in [-0.05, 0) is 24.6 Å². The number of rotatable bonds is 7. The first-order valence-corrected chi connectivity index (χ1v) is 7.08. The minimum Gasteiger partial charge on any atom is -0.395 e. The van der Waals surface area contributed by atoms with Crippen LogP contribution in [0.3, 0.4) is 0 Å². The normalized spacial score (nSPS) is 10.4. The van der Waals surface area contributed by atoms with E-state index in [0.29, 0.717) is 11.6 Å². The fourth-order valence-electron chi connectivity index (χ4n) is 1.78. The summed E-state index contributed by atoms with van der Waals surface area (Å²) < 4.78 is 13.5. The van der Waals surface area contributed by atoms with Crippen LogP contribution < -0.4 is 5.32 Å². The second-order valence-corrected chi connectivity index (χ2v) is 4.91. The van der Waals surface area contributed by atoms with E-state index in [2.05, 4.69) is 12.2 Å². The lowest BCUT2D eigenvalue weighted by Gasteiger charge is -2.22. The Bertz CT molecular complexity index is 443. The van der Waals surface area contributed by atoms with Crippen molar-refractivity contribution >= 4 is 23.3 Å². The number of carbonyl (C=O) groups excluding carboxylic acids is 1. The molecule has 0 aromatic heterocycles. The van der Waals surface area contributed by atoms with Gasteiger partial charge < -0.3 is 15.3 Å². The molecule has 0 saturated heterocycles. The van der Waals surface area contributed by atoms with Gasteiger partial charge >= 0.3 is 6.03 Å². The number of urea groups is 1. The molecule has 0 bridgehead atoms. The van der Waals surface area contributed by atoms with E-state index in [-0.39, 0.29) is 18.8 Å². The van der Waals surface area contributed by atoms with Crippen molar-refractivity contribution in [1.82, 2.24) is 4.90 Å². The monoisotopic (exact) mass is 302 g/mol. The van der Waals surface area contributed by atoms with Gasteiger partial charge in [0.2, 0.25) is 0 Å². The Morgan fingerprint density at radius 1 is 1.40 bits per heavy atom. The molecular formula is C14H20ClFN2O2. The third-order valence-electron chi connectivity index (χ3n) is 2.86. The number of benzene rings is 1. The summed E-state index contributed by atoms with van der Waals surface area (Å²) in [6, 6.07) is 3.54. The van der Waals surface area contributed by atoms with Gasteiger partial charge in [-0.3, -0.25) is 0 Å². The number of halogens is 2. The van der Waals surface area contributed by atoms with Gasteiger partial charge in [0.05, 0.1) is 12.3 Å². The lowest BCUT2D eigenvalue weighted by Crippen LogP contribution is -2.38. The van der Waals surface area contributed by atoms with Crippen molar-refractivity contribution in [3.63, 3.8) is 0 Å². The van der Waals surface area contributed by atoms with Gasteiger partial charge in [-0.1, -0.05) is 31.4 Å². The number of nitrogens with one attached hydrogen (secondary N) is 1. The van der Waals surface area contributed by atoms with E-state index >= 15 is 0 Å². The number of anilines is 1. The molecule has 1 aromatic rings. The molecular weight excluding hydrogens is 283 g/mol. The summed E-state index contributed by atoms with van der Waals surface area (Å²) in [5, 5.41) is 11.8. The van der Waals surface area contributed by atoms with Crippen LogP contribution in [0.25, 0.3) is 0 Å². The van der Waals surface area contributed by atoms with Gasteiger partial charge in [0.25, 0.3) is 0 Å². The third kappa shape index (κ3) is 5.35. The maximum absolute atomic E-state index is 13.5. The van der Waals surface area contributed by atoms with Gasteiger partial charge in [-0.25, -0.2) is 9.18 Å². The molecule has 20 heavy (non-hydrogen) atoms. The lowest BCUT2D eigenvalue weighted by atomic mass is 10.2. The summed E-state index contributed by atoms with van der Waals surface area (Å²) in [4.78, 5) is 13.5. The molecule has 6 heteroatoms. The predicted molar refractivity (Wildman–Crippen MR) is 78.6 cm³/mol. The standard InChI is InChI=1S/C14H20ClFN2O2/c1-2-3-4-7-18(8-9-19)14(20)17-13-10-11(15)5-6-12(13)16/h5-6,10,19H,2-4,7-9H2,1H3,(H,17,20). The fourth-order valence-corrected chi connectivity index (χ4v) is 1.95. The topological polar surface area (TPSA) is 52.6 Å². The van der Waals surface area contributed by atoms with E-state index < -0.39 is 11.8 Å². The minimum atomic E-state index is -0.541. The largest absolute Gasteiger partial charge is 0.395 e. The van der Waals surface area contributed by atoms with Crippen molar-refractivity contribution in [3.8, 4) is 0 Å². The Labute approximate surface area is 123 Å². The molecule has 4 nitrogen and oxygen atoms in total. The molecule has 2 N–H and O–H groups in total. The van der Waals surface area contributed by atoms with Crippen molar-refractivity contribution in [1.29, 1.82) is 0 Å². The Kier molecular flexibility index (Phi) is 7.33. The number of hydrogen-bond donors (Lipinski definition) is 2. The molecule has 2 amide bonds. The molecule has 0 spiro atoms. The molecule has 0 unspecified atom stereocenters. The van der Waals surface area contributed by atoms with Crippen LogP contribution in [0, 0.1) is 5.82 Å². The fraction of sp³-hybridized carbons (Fsp3) is 0.500. The van der Waals surface area contributed by atoms with E-state index in [1.54, 1.807) is 0 Å². The maximum atomic E-state index is 13.5. The number of hydrogen-bond acceptors (Lipinski definition) is 2. The average Bonchev–Trinajstić information content (AvgIpc) is 2.42. The van der Waals surface area contributed by atoms with Gasteiger partial charge in [0.15, 0.2) is 0 Å². The Hall–Kier alpha value is -1.33. The zero-order valence-electron chi connectivity index (χ0n) is 11.5. The van der Waals surface area contributed by atoms with Gasteiger partial charge in [0.1, 0.15) is 5.82 Å². The minimum absolute atomic E-state index is 0.0425. The zero-order valence-corrected chi connectivity index (χ0v) is 12.3. The lowest BCUT2D eigenvalue weighted by molar-refractivity contribution is 0.187. The molecule has 0 aliphatic carbocycles. The van der Waals surface area contributed by atoms with Crippen LogP contribution in [0.2, 0.25) is 5.02 Å². The summed E-state index contributed by atoms with van der Waals surface area (Å²) in [7, 11) is 0. The van der Waals surface area contributed by atoms with E-state index in [4.69, 9.17) is 16.7 Å². The maximum Gasteiger partial charge on any atom is 0.322 e. The molecule has 0 saturated carbocycles. The first-order valence-electron chi connectivity index (χ1n) is 6.70. The average molecular weight is 303 g/mol. The Morgan fingerprint density at radius 2 is 2.15 bits per heavy atom. The van der Waals surface area contributed by atoms with E-state index in [9.17, 15) is 9.18 Å². The predicted octanol–water partition coefficient (Wildman–Crippen LogP) is 3.50. The van der Waals surface area contributed by atoms with E-state index in [1.807, 2.05) is 0 Å². The quantitative estimate of drug-likeness (QED) is 0.758. The number of unbranched alkanes of at least 4 members (excludes halogenated alkanes) is 2. The van der Waals surface area contributed by atoms with Gasteiger partial charge in [0, 0.05) is 18.1 Å². The summed E-state index contributed by atoms with van der Waals surface area (Å²) >= 11 is 5.77. The summed E-state index contributed by atoms with van der Waals surface area (Å²) in [6.07, 6.45) is 2.89. The van der Waals surface area contributed by atoms with Crippen molar-refractivity contribution in [2.75, 3.05) is 25.0 Å². The smallest absolute Gasteiger partial charge is 0.322 e. The second kappa shape index (κ2) is 8.76. The number of aliphatic hydroxyl groups excluding tert-OH is 1. The van der Waals surface area contributed by atoms with Crippen molar-refractivity contribution < 1.29 is 14.3 Å². The first kappa shape index (κ1) is 16.7. The second-order valence-electron chi connectivity index (χ2n) is 4.47. The first-order chi connectivity index (χ1) is 9.58. The molecule has 0 aliphatic heterocycles. The molecule has 112 valence electrons. The highest BCUT2D eigenvalue weighted by atomic mass is 35.5. The number of aliphatic hydroxyl groups is 1. The molecule has 0 atom stereocenters. The number of carbonyl (C=O) groups is 1.